The lowest BCUT2D eigenvalue weighted by molar-refractivity contribution is -0.127. The van der Waals surface area contributed by atoms with Crippen molar-refractivity contribution in [3.05, 3.63) is 42.0 Å². The van der Waals surface area contributed by atoms with E-state index in [1.54, 1.807) is 42.3 Å². The summed E-state index contributed by atoms with van der Waals surface area (Å²) in [7, 11) is 3.06. The normalized spacial score (nSPS) is 15.0. The number of hydrogen-bond donors (Lipinski definition) is 1. The predicted molar refractivity (Wildman–Crippen MR) is 116 cm³/mol. The summed E-state index contributed by atoms with van der Waals surface area (Å²) in [6, 6.07) is 10.3. The fourth-order valence-electron chi connectivity index (χ4n) is 3.36. The van der Waals surface area contributed by atoms with Crippen LogP contribution in [0.5, 0.6) is 17.2 Å². The molecule has 0 unspecified atom stereocenters. The number of anilines is 2. The van der Waals surface area contributed by atoms with Crippen molar-refractivity contribution in [3.8, 4) is 17.2 Å². The van der Waals surface area contributed by atoms with Crippen LogP contribution in [0.25, 0.3) is 0 Å². The van der Waals surface area contributed by atoms with E-state index < -0.39 is 5.41 Å². The van der Waals surface area contributed by atoms with Crippen LogP contribution in [0.3, 0.4) is 0 Å². The van der Waals surface area contributed by atoms with E-state index in [4.69, 9.17) is 14.2 Å². The highest BCUT2D eigenvalue weighted by Crippen LogP contribution is 2.38. The first-order valence-corrected chi connectivity index (χ1v) is 9.93. The Morgan fingerprint density at radius 3 is 2.60 bits per heavy atom. The molecule has 1 heterocycles. The van der Waals surface area contributed by atoms with Crippen LogP contribution in [0.1, 0.15) is 37.6 Å². The topological polar surface area (TPSA) is 77.1 Å². The maximum Gasteiger partial charge on any atom is 0.259 e. The highest BCUT2D eigenvalue weighted by molar-refractivity contribution is 6.07. The van der Waals surface area contributed by atoms with Gasteiger partial charge in [0, 0.05) is 24.4 Å². The van der Waals surface area contributed by atoms with Gasteiger partial charge in [0.05, 0.1) is 30.9 Å². The maximum absolute atomic E-state index is 12.9. The molecular weight excluding hydrogens is 384 g/mol. The second-order valence-electron chi connectivity index (χ2n) is 7.83. The van der Waals surface area contributed by atoms with Crippen LogP contribution in [0.2, 0.25) is 0 Å². The minimum absolute atomic E-state index is 0.0304. The van der Waals surface area contributed by atoms with Crippen molar-refractivity contribution in [2.24, 2.45) is 5.41 Å². The molecule has 160 valence electrons. The van der Waals surface area contributed by atoms with E-state index in [2.05, 4.69) is 5.32 Å². The van der Waals surface area contributed by atoms with Crippen molar-refractivity contribution in [2.45, 2.75) is 27.2 Å². The molecule has 2 aromatic carbocycles. The summed E-state index contributed by atoms with van der Waals surface area (Å²) in [6.45, 7) is 6.66. The molecular formula is C23H28N2O5. The number of carbonyl (C=O) groups excluding carboxylic acids is 2. The Kier molecular flexibility index (Phi) is 6.20. The maximum atomic E-state index is 12.9. The quantitative estimate of drug-likeness (QED) is 0.772. The van der Waals surface area contributed by atoms with E-state index >= 15 is 0 Å². The third kappa shape index (κ3) is 4.20. The lowest BCUT2D eigenvalue weighted by Gasteiger charge is -2.27. The van der Waals surface area contributed by atoms with Gasteiger partial charge in [-0.1, -0.05) is 6.92 Å². The summed E-state index contributed by atoms with van der Waals surface area (Å²) in [5, 5.41) is 2.88. The van der Waals surface area contributed by atoms with Crippen molar-refractivity contribution in [1.29, 1.82) is 0 Å². The van der Waals surface area contributed by atoms with Gasteiger partial charge in [-0.15, -0.1) is 0 Å². The van der Waals surface area contributed by atoms with E-state index in [-0.39, 0.29) is 18.4 Å². The number of benzene rings is 2. The van der Waals surface area contributed by atoms with Gasteiger partial charge in [-0.3, -0.25) is 9.59 Å². The molecule has 1 N–H and O–H groups in total. The summed E-state index contributed by atoms with van der Waals surface area (Å²) in [5.74, 6) is 1.30. The SMILES string of the molecule is CCCN1C(=O)C(C)(C)COc2cc(NC(=O)c3ccc(OC)cc3OC)ccc21. The summed E-state index contributed by atoms with van der Waals surface area (Å²) >= 11 is 0. The molecule has 30 heavy (non-hydrogen) atoms. The smallest absolute Gasteiger partial charge is 0.259 e. The lowest BCUT2D eigenvalue weighted by Crippen LogP contribution is -2.42. The van der Waals surface area contributed by atoms with Gasteiger partial charge in [-0.25, -0.2) is 0 Å². The predicted octanol–water partition coefficient (Wildman–Crippen LogP) is 4.12. The molecule has 7 nitrogen and oxygen atoms in total. The van der Waals surface area contributed by atoms with Gasteiger partial charge in [0.1, 0.15) is 23.9 Å². The molecule has 1 aliphatic rings. The Hall–Kier alpha value is -3.22. The van der Waals surface area contributed by atoms with Gasteiger partial charge < -0.3 is 24.4 Å². The van der Waals surface area contributed by atoms with Crippen LogP contribution >= 0.6 is 0 Å². The van der Waals surface area contributed by atoms with Crippen LogP contribution in [0.15, 0.2) is 36.4 Å². The molecule has 1 aliphatic heterocycles. The fraction of sp³-hybridized carbons (Fsp3) is 0.391. The molecule has 0 radical (unpaired) electrons. The Balaban J connectivity index is 1.89. The molecule has 2 amide bonds. The van der Waals surface area contributed by atoms with Gasteiger partial charge >= 0.3 is 0 Å². The summed E-state index contributed by atoms with van der Waals surface area (Å²) in [5.41, 5.74) is 1.04. The number of rotatable bonds is 6. The third-order valence-corrected chi connectivity index (χ3v) is 5.02. The van der Waals surface area contributed by atoms with Crippen molar-refractivity contribution in [1.82, 2.24) is 0 Å². The highest BCUT2D eigenvalue weighted by Gasteiger charge is 2.37. The number of amides is 2. The second-order valence-corrected chi connectivity index (χ2v) is 7.83. The Labute approximate surface area is 176 Å². The van der Waals surface area contributed by atoms with Gasteiger partial charge in [0.15, 0.2) is 0 Å². The largest absolute Gasteiger partial charge is 0.497 e. The molecule has 2 aromatic rings. The molecule has 0 aliphatic carbocycles. The molecule has 0 saturated carbocycles. The molecule has 7 heteroatoms. The van der Waals surface area contributed by atoms with Crippen molar-refractivity contribution < 1.29 is 23.8 Å². The van der Waals surface area contributed by atoms with E-state index in [1.165, 1.54) is 7.11 Å². The van der Waals surface area contributed by atoms with Gasteiger partial charge in [0.25, 0.3) is 5.91 Å². The van der Waals surface area contributed by atoms with Crippen LogP contribution in [0.4, 0.5) is 11.4 Å². The zero-order chi connectivity index (χ0) is 21.9. The number of methoxy groups -OCH3 is 2. The molecule has 0 spiro atoms. The molecule has 0 atom stereocenters. The minimum Gasteiger partial charge on any atom is -0.497 e. The summed E-state index contributed by atoms with van der Waals surface area (Å²) in [6.07, 6.45) is 0.830. The zero-order valence-corrected chi connectivity index (χ0v) is 18.1. The second kappa shape index (κ2) is 8.65. The van der Waals surface area contributed by atoms with Crippen LogP contribution in [0, 0.1) is 5.41 Å². The van der Waals surface area contributed by atoms with Crippen LogP contribution < -0.4 is 24.4 Å². The van der Waals surface area contributed by atoms with E-state index in [1.807, 2.05) is 26.8 Å². The average Bonchev–Trinajstić information content (AvgIpc) is 2.83. The molecule has 0 bridgehead atoms. The van der Waals surface area contributed by atoms with E-state index in [9.17, 15) is 9.59 Å². The highest BCUT2D eigenvalue weighted by atomic mass is 16.5. The molecule has 3 rings (SSSR count). The first kappa shape index (κ1) is 21.5. The minimum atomic E-state index is -0.631. The number of ether oxygens (including phenoxy) is 3. The fourth-order valence-corrected chi connectivity index (χ4v) is 3.36. The van der Waals surface area contributed by atoms with Gasteiger partial charge in [0.2, 0.25) is 5.91 Å². The molecule has 0 saturated heterocycles. The van der Waals surface area contributed by atoms with Crippen LogP contribution in [-0.2, 0) is 4.79 Å². The van der Waals surface area contributed by atoms with Crippen LogP contribution in [-0.4, -0.2) is 39.2 Å². The number of nitrogens with zero attached hydrogens (tertiary/aromatic N) is 1. The monoisotopic (exact) mass is 412 g/mol. The van der Waals surface area contributed by atoms with Gasteiger partial charge in [-0.2, -0.15) is 0 Å². The lowest BCUT2D eigenvalue weighted by atomic mass is 9.93. The Morgan fingerprint density at radius 2 is 1.93 bits per heavy atom. The van der Waals surface area contributed by atoms with Crippen molar-refractivity contribution >= 4 is 23.2 Å². The summed E-state index contributed by atoms with van der Waals surface area (Å²) < 4.78 is 16.5. The standard InChI is InChI=1S/C23H28N2O5/c1-6-11-25-18-10-7-15(12-20(18)30-14-23(2,3)22(25)27)24-21(26)17-9-8-16(28-4)13-19(17)29-5/h7-10,12-13H,6,11,14H2,1-5H3,(H,24,26). The average molecular weight is 412 g/mol. The first-order chi connectivity index (χ1) is 14.3. The number of fused-ring (bicyclic) bond motifs is 1. The van der Waals surface area contributed by atoms with Gasteiger partial charge in [-0.05, 0) is 44.5 Å². The van der Waals surface area contributed by atoms with E-state index in [0.717, 1.165) is 6.42 Å². The number of carbonyl (C=O) groups is 2. The Morgan fingerprint density at radius 1 is 1.17 bits per heavy atom. The van der Waals surface area contributed by atoms with Crippen molar-refractivity contribution in [2.75, 3.05) is 37.6 Å². The number of hydrogen-bond acceptors (Lipinski definition) is 5. The molecule has 0 fully saturated rings. The van der Waals surface area contributed by atoms with E-state index in [0.29, 0.717) is 40.7 Å². The molecule has 0 aromatic heterocycles. The Bertz CT molecular complexity index is 955. The first-order valence-electron chi connectivity index (χ1n) is 9.93. The third-order valence-electron chi connectivity index (χ3n) is 5.02. The number of nitrogens with one attached hydrogen (secondary N) is 1. The van der Waals surface area contributed by atoms with Crippen molar-refractivity contribution in [3.63, 3.8) is 0 Å². The summed E-state index contributed by atoms with van der Waals surface area (Å²) in [4.78, 5) is 27.5. The zero-order valence-electron chi connectivity index (χ0n) is 18.1.